The van der Waals surface area contributed by atoms with Crippen molar-refractivity contribution < 1.29 is 0 Å². The Morgan fingerprint density at radius 2 is 0.645 bits per heavy atom. The number of hydrogen-bond donors (Lipinski definition) is 0. The van der Waals surface area contributed by atoms with Crippen LogP contribution in [0.3, 0.4) is 0 Å². The van der Waals surface area contributed by atoms with E-state index in [1.165, 1.54) is 10.8 Å². The van der Waals surface area contributed by atoms with Gasteiger partial charge in [0.15, 0.2) is 0 Å². The van der Waals surface area contributed by atoms with Gasteiger partial charge >= 0.3 is 0 Å². The Morgan fingerprint density at radius 3 is 0.987 bits per heavy atom. The lowest BCUT2D eigenvalue weighted by Crippen LogP contribution is -2.09. The number of nitriles is 2. The Bertz CT molecular complexity index is 4130. The summed E-state index contributed by atoms with van der Waals surface area (Å²) in [5, 5.41) is 24.4. The highest BCUT2D eigenvalue weighted by molar-refractivity contribution is 6.14. The summed E-state index contributed by atoms with van der Waals surface area (Å²) in [5.41, 5.74) is 20.0. The number of aryl methyl sites for hydroxylation is 2. The minimum absolute atomic E-state index is 0.589. The number of benzene rings is 11. The van der Waals surface area contributed by atoms with Gasteiger partial charge in [-0.25, -0.2) is 0 Å². The highest BCUT2D eigenvalue weighted by Crippen LogP contribution is 2.47. The first kappa shape index (κ1) is 45.5. The van der Waals surface area contributed by atoms with Gasteiger partial charge in [-0.3, -0.25) is 0 Å². The van der Waals surface area contributed by atoms with Crippen molar-refractivity contribution in [1.29, 1.82) is 10.5 Å². The topological polar surface area (TPSA) is 63.9 Å². The van der Waals surface area contributed by atoms with Crippen molar-refractivity contribution in [2.75, 3.05) is 9.80 Å². The first-order chi connectivity index (χ1) is 37.4. The standard InChI is InChI=1S/C70H48N6/c1-47-23-35-59-60-36-24-48(2)40-68(60)76(67(59)39-47)70-44-62(52-31-27-50(46-72)28-32-52)61(51-29-25-49(45-71)26-30-51)43-69(70)75-65-37-33-57(73(53-15-7-3-8-16-53)54-17-9-4-10-18-54)41-63(65)64-42-58(34-38-66(64)75)74(55-19-11-5-12-20-55)56-21-13-6-14-22-56/h3-44H,1-2H3. The van der Waals surface area contributed by atoms with Crippen molar-refractivity contribution in [3.05, 3.63) is 277 Å². The lowest BCUT2D eigenvalue weighted by atomic mass is 9.92. The Morgan fingerprint density at radius 1 is 0.303 bits per heavy atom. The van der Waals surface area contributed by atoms with Gasteiger partial charge in [0, 0.05) is 55.7 Å². The van der Waals surface area contributed by atoms with Crippen molar-refractivity contribution in [2.24, 2.45) is 0 Å². The van der Waals surface area contributed by atoms with Crippen LogP contribution in [0.25, 0.3) is 77.2 Å². The molecule has 2 aromatic heterocycles. The maximum atomic E-state index is 9.98. The molecule has 0 aliphatic rings. The van der Waals surface area contributed by atoms with E-state index in [0.29, 0.717) is 11.1 Å². The van der Waals surface area contributed by atoms with Crippen LogP contribution in [0.2, 0.25) is 0 Å². The van der Waals surface area contributed by atoms with Crippen LogP contribution in [-0.4, -0.2) is 9.13 Å². The van der Waals surface area contributed by atoms with E-state index in [9.17, 15) is 10.5 Å². The summed E-state index contributed by atoms with van der Waals surface area (Å²) in [6.07, 6.45) is 0. The molecule has 0 fully saturated rings. The van der Waals surface area contributed by atoms with E-state index < -0.39 is 0 Å². The molecule has 0 bridgehead atoms. The molecule has 0 atom stereocenters. The summed E-state index contributed by atoms with van der Waals surface area (Å²) in [5.74, 6) is 0. The van der Waals surface area contributed by atoms with Crippen molar-refractivity contribution in [3.8, 4) is 45.8 Å². The van der Waals surface area contributed by atoms with Crippen LogP contribution in [0, 0.1) is 36.5 Å². The molecule has 0 saturated heterocycles. The molecule has 2 heterocycles. The summed E-state index contributed by atoms with van der Waals surface area (Å²) in [4.78, 5) is 4.66. The van der Waals surface area contributed by atoms with Gasteiger partial charge in [0.25, 0.3) is 0 Å². The largest absolute Gasteiger partial charge is 0.310 e. The Labute approximate surface area is 441 Å². The van der Waals surface area contributed by atoms with E-state index >= 15 is 0 Å². The molecule has 13 aromatic rings. The lowest BCUT2D eigenvalue weighted by molar-refractivity contribution is 1.09. The number of anilines is 6. The van der Waals surface area contributed by atoms with E-state index in [-0.39, 0.29) is 0 Å². The molecule has 0 aliphatic heterocycles. The second-order valence-electron chi connectivity index (χ2n) is 19.4. The summed E-state index contributed by atoms with van der Waals surface area (Å²) < 4.78 is 4.91. The minimum atomic E-state index is 0.589. The van der Waals surface area contributed by atoms with Gasteiger partial charge in [-0.2, -0.15) is 10.5 Å². The monoisotopic (exact) mass is 972 g/mol. The zero-order valence-electron chi connectivity index (χ0n) is 41.9. The molecule has 11 aromatic carbocycles. The molecule has 0 N–H and O–H groups in total. The average molecular weight is 973 g/mol. The van der Waals surface area contributed by atoms with Gasteiger partial charge in [0.05, 0.1) is 56.7 Å². The van der Waals surface area contributed by atoms with Crippen LogP contribution in [0.1, 0.15) is 22.3 Å². The molecular weight excluding hydrogens is 925 g/mol. The van der Waals surface area contributed by atoms with Gasteiger partial charge < -0.3 is 18.9 Å². The smallest absolute Gasteiger partial charge is 0.0991 e. The predicted octanol–water partition coefficient (Wildman–Crippen LogP) is 18.5. The molecule has 6 nitrogen and oxygen atoms in total. The van der Waals surface area contributed by atoms with Gasteiger partial charge in [0.2, 0.25) is 0 Å². The SMILES string of the molecule is Cc1ccc2c3ccc(C)cc3n(-c3cc(-c4ccc(C#N)cc4)c(-c4ccc(C#N)cc4)cc3-n3c4ccc(N(c5ccccc5)c5ccccc5)cc4c4cc(N(c5ccccc5)c5ccccc5)ccc43)c2c1. The summed E-state index contributed by atoms with van der Waals surface area (Å²) in [7, 11) is 0. The maximum Gasteiger partial charge on any atom is 0.0991 e. The molecule has 0 unspecified atom stereocenters. The fourth-order valence-corrected chi connectivity index (χ4v) is 11.1. The fourth-order valence-electron chi connectivity index (χ4n) is 11.1. The van der Waals surface area contributed by atoms with Gasteiger partial charge in [0.1, 0.15) is 0 Å². The van der Waals surface area contributed by atoms with Crippen molar-refractivity contribution in [1.82, 2.24) is 9.13 Å². The number of hydrogen-bond acceptors (Lipinski definition) is 4. The van der Waals surface area contributed by atoms with Crippen molar-refractivity contribution >= 4 is 77.7 Å². The second kappa shape index (κ2) is 18.9. The van der Waals surface area contributed by atoms with E-state index in [2.05, 4.69) is 251 Å². The molecule has 13 rings (SSSR count). The van der Waals surface area contributed by atoms with E-state index in [4.69, 9.17) is 0 Å². The summed E-state index contributed by atoms with van der Waals surface area (Å²) in [6.45, 7) is 4.32. The van der Waals surface area contributed by atoms with E-state index in [1.54, 1.807) is 0 Å². The minimum Gasteiger partial charge on any atom is -0.310 e. The van der Waals surface area contributed by atoms with Gasteiger partial charge in [-0.05, 0) is 181 Å². The Balaban J connectivity index is 1.18. The van der Waals surface area contributed by atoms with Crippen LogP contribution in [0.4, 0.5) is 34.1 Å². The third kappa shape index (κ3) is 7.90. The Hall–Kier alpha value is -10.4. The highest BCUT2D eigenvalue weighted by Gasteiger charge is 2.25. The van der Waals surface area contributed by atoms with Crippen LogP contribution in [0.15, 0.2) is 255 Å². The third-order valence-corrected chi connectivity index (χ3v) is 14.6. The van der Waals surface area contributed by atoms with Crippen LogP contribution in [0.5, 0.6) is 0 Å². The zero-order valence-corrected chi connectivity index (χ0v) is 41.9. The van der Waals surface area contributed by atoms with Crippen molar-refractivity contribution in [3.63, 3.8) is 0 Å². The van der Waals surface area contributed by atoms with Gasteiger partial charge in [-0.15, -0.1) is 0 Å². The Kier molecular flexibility index (Phi) is 11.3. The summed E-state index contributed by atoms with van der Waals surface area (Å²) >= 11 is 0. The summed E-state index contributed by atoms with van der Waals surface area (Å²) in [6, 6.07) is 94.7. The molecule has 0 spiro atoms. The quantitative estimate of drug-likeness (QED) is 0.137. The normalized spacial score (nSPS) is 11.3. The molecule has 76 heavy (non-hydrogen) atoms. The molecule has 6 heteroatoms. The molecule has 0 saturated carbocycles. The van der Waals surface area contributed by atoms with Crippen molar-refractivity contribution in [2.45, 2.75) is 13.8 Å². The maximum absolute atomic E-state index is 9.98. The predicted molar refractivity (Wildman–Crippen MR) is 314 cm³/mol. The molecule has 358 valence electrons. The molecule has 0 amide bonds. The highest BCUT2D eigenvalue weighted by atomic mass is 15.2. The van der Waals surface area contributed by atoms with Crippen LogP contribution in [-0.2, 0) is 0 Å². The molecule has 0 radical (unpaired) electrons. The molecule has 0 aliphatic carbocycles. The van der Waals surface area contributed by atoms with E-state index in [1.807, 2.05) is 48.5 Å². The zero-order chi connectivity index (χ0) is 51.3. The van der Waals surface area contributed by atoms with Crippen LogP contribution >= 0.6 is 0 Å². The molecular formula is C70H48N6. The first-order valence-electron chi connectivity index (χ1n) is 25.5. The van der Waals surface area contributed by atoms with E-state index in [0.717, 1.165) is 112 Å². The van der Waals surface area contributed by atoms with Gasteiger partial charge in [-0.1, -0.05) is 121 Å². The fraction of sp³-hybridized carbons (Fsp3) is 0.0286. The number of rotatable bonds is 10. The second-order valence-corrected chi connectivity index (χ2v) is 19.4. The lowest BCUT2D eigenvalue weighted by Gasteiger charge is -2.26. The number of aromatic nitrogens is 2. The average Bonchev–Trinajstić information content (AvgIpc) is 3.98. The first-order valence-corrected chi connectivity index (χ1v) is 25.5. The van der Waals surface area contributed by atoms with Crippen LogP contribution < -0.4 is 9.80 Å². The number of nitrogens with zero attached hydrogens (tertiary/aromatic N) is 6. The number of fused-ring (bicyclic) bond motifs is 6. The number of para-hydroxylation sites is 4. The third-order valence-electron chi connectivity index (χ3n) is 14.6.